The van der Waals surface area contributed by atoms with E-state index in [-0.39, 0.29) is 17.3 Å². The van der Waals surface area contributed by atoms with Crippen LogP contribution in [-0.2, 0) is 0 Å². The number of hydrogen-bond donors (Lipinski definition) is 2. The first-order chi connectivity index (χ1) is 9.08. The molecular weight excluding hydrogens is 268 g/mol. The molecule has 0 radical (unpaired) electrons. The molecule has 0 aliphatic carbocycles. The van der Waals surface area contributed by atoms with E-state index < -0.39 is 5.97 Å². The number of carboxylic acid groups (broad SMARTS) is 1. The average Bonchev–Trinajstić information content (AvgIpc) is 2.41. The van der Waals surface area contributed by atoms with Gasteiger partial charge in [0.05, 0.1) is 11.3 Å². The van der Waals surface area contributed by atoms with Gasteiger partial charge in [-0.1, -0.05) is 11.6 Å². The van der Waals surface area contributed by atoms with Crippen LogP contribution in [-0.4, -0.2) is 35.1 Å². The maximum atomic E-state index is 12.0. The number of carbonyl (C=O) groups excluding carboxylic acids is 1. The van der Waals surface area contributed by atoms with Gasteiger partial charge in [0.1, 0.15) is 0 Å². The van der Waals surface area contributed by atoms with Crippen molar-refractivity contribution in [2.75, 3.05) is 18.4 Å². The van der Waals surface area contributed by atoms with Gasteiger partial charge >= 0.3 is 12.0 Å². The van der Waals surface area contributed by atoms with Crippen molar-refractivity contribution in [2.45, 2.75) is 19.3 Å². The van der Waals surface area contributed by atoms with E-state index in [4.69, 9.17) is 16.7 Å². The smallest absolute Gasteiger partial charge is 0.337 e. The number of benzene rings is 1. The number of likely N-dealkylation sites (tertiary alicyclic amines) is 1. The van der Waals surface area contributed by atoms with Gasteiger partial charge in [0, 0.05) is 18.1 Å². The summed E-state index contributed by atoms with van der Waals surface area (Å²) in [4.78, 5) is 24.8. The number of nitrogens with one attached hydrogen (secondary N) is 1. The van der Waals surface area contributed by atoms with E-state index in [1.54, 1.807) is 11.0 Å². The van der Waals surface area contributed by atoms with E-state index in [0.717, 1.165) is 19.3 Å². The molecule has 0 unspecified atom stereocenters. The van der Waals surface area contributed by atoms with Crippen LogP contribution in [0.3, 0.4) is 0 Å². The highest BCUT2D eigenvalue weighted by atomic mass is 35.5. The summed E-state index contributed by atoms with van der Waals surface area (Å²) >= 11 is 5.76. The first-order valence-electron chi connectivity index (χ1n) is 6.16. The summed E-state index contributed by atoms with van der Waals surface area (Å²) in [5.74, 6) is -1.11. The molecule has 0 spiro atoms. The summed E-state index contributed by atoms with van der Waals surface area (Å²) in [6, 6.07) is 4.13. The van der Waals surface area contributed by atoms with Gasteiger partial charge in [-0.15, -0.1) is 0 Å². The number of piperidine rings is 1. The Morgan fingerprint density at radius 1 is 1.21 bits per heavy atom. The molecule has 2 rings (SSSR count). The predicted molar refractivity (Wildman–Crippen MR) is 72.9 cm³/mol. The third-order valence-electron chi connectivity index (χ3n) is 3.10. The predicted octanol–water partition coefficient (Wildman–Crippen LogP) is 3.06. The average molecular weight is 283 g/mol. The normalized spacial score (nSPS) is 15.1. The monoisotopic (exact) mass is 282 g/mol. The Bertz CT molecular complexity index is 499. The SMILES string of the molecule is O=C(O)c1cc(Cl)ccc1NC(=O)N1CCCCC1. The summed E-state index contributed by atoms with van der Waals surface area (Å²) in [6.07, 6.45) is 3.10. The lowest BCUT2D eigenvalue weighted by atomic mass is 10.1. The zero-order valence-corrected chi connectivity index (χ0v) is 11.1. The van der Waals surface area contributed by atoms with E-state index >= 15 is 0 Å². The van der Waals surface area contributed by atoms with Crippen LogP contribution in [0.5, 0.6) is 0 Å². The molecule has 19 heavy (non-hydrogen) atoms. The van der Waals surface area contributed by atoms with Crippen LogP contribution >= 0.6 is 11.6 Å². The summed E-state index contributed by atoms with van der Waals surface area (Å²) in [6.45, 7) is 1.42. The van der Waals surface area contributed by atoms with Crippen LogP contribution < -0.4 is 5.32 Å². The molecule has 1 saturated heterocycles. The molecule has 1 aliphatic rings. The second-order valence-electron chi connectivity index (χ2n) is 4.47. The van der Waals surface area contributed by atoms with Crippen molar-refractivity contribution >= 4 is 29.3 Å². The first-order valence-corrected chi connectivity index (χ1v) is 6.54. The van der Waals surface area contributed by atoms with Gasteiger partial charge in [-0.25, -0.2) is 9.59 Å². The Morgan fingerprint density at radius 2 is 1.89 bits per heavy atom. The molecular formula is C13H15ClN2O3. The topological polar surface area (TPSA) is 69.6 Å². The van der Waals surface area contributed by atoms with E-state index in [1.165, 1.54) is 12.1 Å². The molecule has 6 heteroatoms. The minimum Gasteiger partial charge on any atom is -0.478 e. The van der Waals surface area contributed by atoms with E-state index in [0.29, 0.717) is 18.1 Å². The number of amides is 2. The third-order valence-corrected chi connectivity index (χ3v) is 3.33. The number of halogens is 1. The van der Waals surface area contributed by atoms with Crippen molar-refractivity contribution in [1.82, 2.24) is 4.90 Å². The molecule has 1 heterocycles. The van der Waals surface area contributed by atoms with Gasteiger partial charge < -0.3 is 15.3 Å². The number of urea groups is 1. The van der Waals surface area contributed by atoms with Crippen molar-refractivity contribution < 1.29 is 14.7 Å². The first kappa shape index (κ1) is 13.7. The minimum atomic E-state index is -1.11. The van der Waals surface area contributed by atoms with E-state index in [9.17, 15) is 9.59 Å². The van der Waals surface area contributed by atoms with E-state index in [2.05, 4.69) is 5.32 Å². The quantitative estimate of drug-likeness (QED) is 0.876. The van der Waals surface area contributed by atoms with Crippen molar-refractivity contribution in [2.24, 2.45) is 0 Å². The van der Waals surface area contributed by atoms with Crippen molar-refractivity contribution in [1.29, 1.82) is 0 Å². The van der Waals surface area contributed by atoms with Gasteiger partial charge in [0.15, 0.2) is 0 Å². The van der Waals surface area contributed by atoms with Crippen molar-refractivity contribution in [3.05, 3.63) is 28.8 Å². The summed E-state index contributed by atoms with van der Waals surface area (Å²) in [7, 11) is 0. The van der Waals surface area contributed by atoms with Crippen LogP contribution in [0.25, 0.3) is 0 Å². The number of hydrogen-bond acceptors (Lipinski definition) is 2. The molecule has 5 nitrogen and oxygen atoms in total. The molecule has 1 fully saturated rings. The molecule has 0 bridgehead atoms. The Kier molecular flexibility index (Phi) is 4.27. The number of carboxylic acids is 1. The summed E-state index contributed by atoms with van der Waals surface area (Å²) in [5, 5.41) is 12.1. The fourth-order valence-corrected chi connectivity index (χ4v) is 2.27. The van der Waals surface area contributed by atoms with Crippen LogP contribution in [0.1, 0.15) is 29.6 Å². The second-order valence-corrected chi connectivity index (χ2v) is 4.91. The Morgan fingerprint density at radius 3 is 2.53 bits per heavy atom. The lowest BCUT2D eigenvalue weighted by Gasteiger charge is -2.27. The van der Waals surface area contributed by atoms with Crippen LogP contribution in [0, 0.1) is 0 Å². The van der Waals surface area contributed by atoms with Gasteiger partial charge in [0.25, 0.3) is 0 Å². The molecule has 1 aromatic carbocycles. The van der Waals surface area contributed by atoms with Gasteiger partial charge in [0.2, 0.25) is 0 Å². The number of anilines is 1. The zero-order chi connectivity index (χ0) is 13.8. The highest BCUT2D eigenvalue weighted by Gasteiger charge is 2.19. The van der Waals surface area contributed by atoms with Gasteiger partial charge in [-0.05, 0) is 37.5 Å². The van der Waals surface area contributed by atoms with Crippen LogP contribution in [0.2, 0.25) is 5.02 Å². The summed E-state index contributed by atoms with van der Waals surface area (Å²) < 4.78 is 0. The largest absolute Gasteiger partial charge is 0.478 e. The summed E-state index contributed by atoms with van der Waals surface area (Å²) in [5.41, 5.74) is 0.269. The maximum Gasteiger partial charge on any atom is 0.337 e. The van der Waals surface area contributed by atoms with Crippen LogP contribution in [0.15, 0.2) is 18.2 Å². The Hall–Kier alpha value is -1.75. The molecule has 0 aromatic heterocycles. The second kappa shape index (κ2) is 5.93. The van der Waals surface area contributed by atoms with Gasteiger partial charge in [-0.3, -0.25) is 0 Å². The Labute approximate surface area is 116 Å². The van der Waals surface area contributed by atoms with Crippen molar-refractivity contribution in [3.8, 4) is 0 Å². The highest BCUT2D eigenvalue weighted by Crippen LogP contribution is 2.21. The maximum absolute atomic E-state index is 12.0. The third kappa shape index (κ3) is 3.38. The molecule has 1 aromatic rings. The number of rotatable bonds is 2. The minimum absolute atomic E-state index is 0.00198. The molecule has 0 atom stereocenters. The molecule has 1 aliphatic heterocycles. The zero-order valence-electron chi connectivity index (χ0n) is 10.4. The fraction of sp³-hybridized carbons (Fsp3) is 0.385. The standard InChI is InChI=1S/C13H15ClN2O3/c14-9-4-5-11(10(8-9)12(17)18)15-13(19)16-6-2-1-3-7-16/h4-5,8H,1-3,6-7H2,(H,15,19)(H,17,18). The molecule has 102 valence electrons. The number of carbonyl (C=O) groups is 2. The molecule has 0 saturated carbocycles. The molecule has 2 N–H and O–H groups in total. The Balaban J connectivity index is 2.13. The highest BCUT2D eigenvalue weighted by molar-refractivity contribution is 6.31. The molecule has 2 amide bonds. The van der Waals surface area contributed by atoms with Crippen LogP contribution in [0.4, 0.5) is 10.5 Å². The number of aromatic carboxylic acids is 1. The van der Waals surface area contributed by atoms with Gasteiger partial charge in [-0.2, -0.15) is 0 Å². The number of nitrogens with zero attached hydrogens (tertiary/aromatic N) is 1. The fourth-order valence-electron chi connectivity index (χ4n) is 2.09. The van der Waals surface area contributed by atoms with E-state index in [1.807, 2.05) is 0 Å². The van der Waals surface area contributed by atoms with Crippen molar-refractivity contribution in [3.63, 3.8) is 0 Å². The lowest BCUT2D eigenvalue weighted by molar-refractivity contribution is 0.0698. The lowest BCUT2D eigenvalue weighted by Crippen LogP contribution is -2.38.